The number of azide groups is 1. The molecule has 1 fully saturated rings. The molecule has 0 bridgehead atoms. The van der Waals surface area contributed by atoms with Crippen LogP contribution in [0.5, 0.6) is 0 Å². The lowest BCUT2D eigenvalue weighted by molar-refractivity contribution is 0.146. The number of nitrogens with zero attached hydrogens (tertiary/aromatic N) is 3. The lowest BCUT2D eigenvalue weighted by Gasteiger charge is -1.97. The highest BCUT2D eigenvalue weighted by atomic mass is 16.6. The molecule has 1 aromatic carbocycles. The van der Waals surface area contributed by atoms with Crippen LogP contribution in [0.15, 0.2) is 35.4 Å². The van der Waals surface area contributed by atoms with Crippen molar-refractivity contribution in [3.8, 4) is 0 Å². The number of carbonyl (C=O) groups excluding carboxylic acids is 1. The fourth-order valence-corrected chi connectivity index (χ4v) is 1.57. The maximum absolute atomic E-state index is 10.7. The third-order valence-electron chi connectivity index (χ3n) is 2.46. The molecule has 1 aromatic rings. The summed E-state index contributed by atoms with van der Waals surface area (Å²) in [4.78, 5) is 13.1. The summed E-state index contributed by atoms with van der Waals surface area (Å²) < 4.78 is 10.0. The number of rotatable bonds is 4. The Kier molecular flexibility index (Phi) is 3.59. The van der Waals surface area contributed by atoms with E-state index in [0.717, 1.165) is 6.42 Å². The van der Waals surface area contributed by atoms with Crippen LogP contribution in [0.4, 0.5) is 4.79 Å². The van der Waals surface area contributed by atoms with Gasteiger partial charge in [0.15, 0.2) is 0 Å². The Hall–Kier alpha value is -2.04. The molecule has 0 saturated carbocycles. The fraction of sp³-hybridized carbons (Fsp3) is 0.364. The van der Waals surface area contributed by atoms with Gasteiger partial charge in [-0.15, -0.1) is 0 Å². The smallest absolute Gasteiger partial charge is 0.396 e. The third kappa shape index (κ3) is 3.48. The van der Waals surface area contributed by atoms with Gasteiger partial charge >= 0.3 is 6.09 Å². The first-order chi connectivity index (χ1) is 8.29. The fourth-order valence-electron chi connectivity index (χ4n) is 1.57. The molecule has 0 N–H and O–H groups in total. The summed E-state index contributed by atoms with van der Waals surface area (Å²) in [5.41, 5.74) is 9.17. The van der Waals surface area contributed by atoms with Gasteiger partial charge in [0.2, 0.25) is 0 Å². The van der Waals surface area contributed by atoms with E-state index in [-0.39, 0.29) is 18.8 Å². The van der Waals surface area contributed by atoms with E-state index in [4.69, 9.17) is 10.3 Å². The minimum atomic E-state index is -0.915. The molecule has 1 aliphatic rings. The molecule has 6 nitrogen and oxygen atoms in total. The number of carbonyl (C=O) groups is 1. The minimum absolute atomic E-state index is 0.0799. The van der Waals surface area contributed by atoms with E-state index in [1.807, 2.05) is 30.3 Å². The highest BCUT2D eigenvalue weighted by molar-refractivity contribution is 5.67. The lowest BCUT2D eigenvalue weighted by Crippen LogP contribution is -2.09. The Labute approximate surface area is 97.8 Å². The lowest BCUT2D eigenvalue weighted by atomic mass is 10.1. The van der Waals surface area contributed by atoms with Crippen molar-refractivity contribution >= 4 is 6.09 Å². The van der Waals surface area contributed by atoms with Gasteiger partial charge in [-0.3, -0.25) is 0 Å². The molecule has 1 heterocycles. The molecule has 2 atom stereocenters. The number of ether oxygens (including phenoxy) is 2. The van der Waals surface area contributed by atoms with Crippen LogP contribution in [-0.2, 0) is 15.9 Å². The Balaban J connectivity index is 1.71. The van der Waals surface area contributed by atoms with E-state index in [2.05, 4.69) is 14.8 Å². The van der Waals surface area contributed by atoms with E-state index < -0.39 is 6.09 Å². The van der Waals surface area contributed by atoms with Crippen LogP contribution < -0.4 is 0 Å². The minimum Gasteiger partial charge on any atom is -0.458 e. The molecule has 6 heteroatoms. The molecule has 1 aliphatic heterocycles. The van der Waals surface area contributed by atoms with Crippen LogP contribution in [0.1, 0.15) is 5.56 Å². The van der Waals surface area contributed by atoms with E-state index in [1.54, 1.807) is 0 Å². The van der Waals surface area contributed by atoms with Crippen molar-refractivity contribution in [1.29, 1.82) is 0 Å². The standard InChI is InChI=1S/C11H11N3O3/c12-14-13-11(15)16-7-10-9(17-10)6-8-4-2-1-3-5-8/h1-5,9-10H,6-7H2. The summed E-state index contributed by atoms with van der Waals surface area (Å²) in [6, 6.07) is 9.93. The molecule has 0 aromatic heterocycles. The first-order valence-electron chi connectivity index (χ1n) is 5.21. The Bertz CT molecular complexity index is 443. The van der Waals surface area contributed by atoms with Gasteiger partial charge in [-0.05, 0) is 11.1 Å². The van der Waals surface area contributed by atoms with Gasteiger partial charge in [-0.25, -0.2) is 4.79 Å². The summed E-state index contributed by atoms with van der Waals surface area (Å²) >= 11 is 0. The van der Waals surface area contributed by atoms with Crippen LogP contribution in [0.3, 0.4) is 0 Å². The van der Waals surface area contributed by atoms with Crippen LogP contribution in [0, 0.1) is 0 Å². The highest BCUT2D eigenvalue weighted by Crippen LogP contribution is 2.26. The Morgan fingerprint density at radius 2 is 2.18 bits per heavy atom. The molecule has 2 rings (SSSR count). The molecule has 0 spiro atoms. The van der Waals surface area contributed by atoms with Crippen molar-refractivity contribution < 1.29 is 14.3 Å². The summed E-state index contributed by atoms with van der Waals surface area (Å²) in [6.45, 7) is 0.134. The van der Waals surface area contributed by atoms with E-state index in [1.165, 1.54) is 5.56 Å². The number of benzene rings is 1. The zero-order chi connectivity index (χ0) is 12.1. The molecule has 1 amide bonds. The largest absolute Gasteiger partial charge is 0.458 e. The zero-order valence-corrected chi connectivity index (χ0v) is 9.02. The summed E-state index contributed by atoms with van der Waals surface area (Å²) in [6.07, 6.45) is -0.129. The molecule has 0 radical (unpaired) electrons. The molecule has 17 heavy (non-hydrogen) atoms. The second kappa shape index (κ2) is 5.34. The number of epoxide rings is 1. The predicted molar refractivity (Wildman–Crippen MR) is 59.3 cm³/mol. The van der Waals surface area contributed by atoms with Gasteiger partial charge in [0.05, 0.1) is 6.10 Å². The maximum atomic E-state index is 10.7. The normalized spacial score (nSPS) is 21.4. The van der Waals surface area contributed by atoms with Crippen molar-refractivity contribution in [2.75, 3.05) is 6.61 Å². The summed E-state index contributed by atoms with van der Waals surface area (Å²) in [5, 5.41) is 2.80. The average Bonchev–Trinajstić information content (AvgIpc) is 3.07. The van der Waals surface area contributed by atoms with E-state index in [0.29, 0.717) is 0 Å². The second-order valence-electron chi connectivity index (χ2n) is 3.67. The highest BCUT2D eigenvalue weighted by Gasteiger charge is 2.39. The van der Waals surface area contributed by atoms with Crippen molar-refractivity contribution in [3.63, 3.8) is 0 Å². The van der Waals surface area contributed by atoms with Crippen molar-refractivity contribution in [1.82, 2.24) is 0 Å². The van der Waals surface area contributed by atoms with Gasteiger partial charge in [0.25, 0.3) is 0 Å². The van der Waals surface area contributed by atoms with Crippen molar-refractivity contribution in [2.24, 2.45) is 5.11 Å². The maximum Gasteiger partial charge on any atom is 0.396 e. The van der Waals surface area contributed by atoms with Gasteiger partial charge < -0.3 is 9.47 Å². The van der Waals surface area contributed by atoms with Crippen LogP contribution >= 0.6 is 0 Å². The summed E-state index contributed by atoms with van der Waals surface area (Å²) in [5.74, 6) is 0. The first-order valence-corrected chi connectivity index (χ1v) is 5.21. The van der Waals surface area contributed by atoms with Crippen molar-refractivity contribution in [2.45, 2.75) is 18.6 Å². The SMILES string of the molecule is [N-]=[N+]=NC(=O)OCC1OC1Cc1ccccc1. The number of amides is 1. The van der Waals surface area contributed by atoms with Crippen LogP contribution in [0.25, 0.3) is 10.4 Å². The average molecular weight is 233 g/mol. The van der Waals surface area contributed by atoms with E-state index in [9.17, 15) is 4.79 Å². The van der Waals surface area contributed by atoms with Gasteiger partial charge in [0.1, 0.15) is 12.7 Å². The first kappa shape index (κ1) is 11.4. The van der Waals surface area contributed by atoms with Crippen LogP contribution in [-0.4, -0.2) is 24.9 Å². The van der Waals surface area contributed by atoms with E-state index >= 15 is 0 Å². The van der Waals surface area contributed by atoms with Gasteiger partial charge in [-0.2, -0.15) is 0 Å². The quantitative estimate of drug-likeness (QED) is 0.346. The van der Waals surface area contributed by atoms with Gasteiger partial charge in [-0.1, -0.05) is 30.3 Å². The monoisotopic (exact) mass is 233 g/mol. The molecule has 2 unspecified atom stereocenters. The Morgan fingerprint density at radius 1 is 1.41 bits per heavy atom. The summed E-state index contributed by atoms with van der Waals surface area (Å²) in [7, 11) is 0. The Morgan fingerprint density at radius 3 is 2.88 bits per heavy atom. The zero-order valence-electron chi connectivity index (χ0n) is 9.02. The molecular formula is C11H11N3O3. The van der Waals surface area contributed by atoms with Crippen molar-refractivity contribution in [3.05, 3.63) is 46.3 Å². The second-order valence-corrected chi connectivity index (χ2v) is 3.67. The number of hydrogen-bond acceptors (Lipinski definition) is 3. The molecule has 88 valence electrons. The molecule has 1 saturated heterocycles. The molecule has 0 aliphatic carbocycles. The topological polar surface area (TPSA) is 87.6 Å². The van der Waals surface area contributed by atoms with Gasteiger partial charge in [0, 0.05) is 16.4 Å². The number of hydrogen-bond donors (Lipinski definition) is 0. The van der Waals surface area contributed by atoms with Crippen LogP contribution in [0.2, 0.25) is 0 Å². The molecular weight excluding hydrogens is 222 g/mol. The predicted octanol–water partition coefficient (Wildman–Crippen LogP) is 2.44. The third-order valence-corrected chi connectivity index (χ3v) is 2.46.